The maximum atomic E-state index is 13.5. The number of anilines is 4. The monoisotopic (exact) mass is 1570 g/mol. The molecule has 0 atom stereocenters. The fourth-order valence-corrected chi connectivity index (χ4v) is 13.3. The van der Waals surface area contributed by atoms with Crippen LogP contribution < -0.4 is 21.3 Å². The van der Waals surface area contributed by atoms with Gasteiger partial charge in [-0.1, -0.05) is 27.7 Å². The topological polar surface area (TPSA) is 259 Å². The molecule has 12 aromatic heterocycles. The molecular weight excluding hydrogens is 1490 g/mol. The number of aliphatic hydroxyl groups excluding tert-OH is 1. The molecule has 23 nitrogen and oxygen atoms in total. The highest BCUT2D eigenvalue weighted by Gasteiger charge is 2.25. The second-order valence-electron chi connectivity index (χ2n) is 27.8. The molecule has 0 bridgehead atoms. The van der Waals surface area contributed by atoms with E-state index >= 15 is 0 Å². The molecule has 27 heteroatoms. The second-order valence-corrected chi connectivity index (χ2v) is 27.8. The second kappa shape index (κ2) is 38.3. The van der Waals surface area contributed by atoms with Crippen LogP contribution in [0, 0.1) is 29.2 Å². The average Bonchev–Trinajstić information content (AvgIpc) is 1.64. The molecule has 1 saturated carbocycles. The standard InChI is InChI=1S/C23H24FN5O.C23H22FN5.2C22H22FN5O/c1-3-16-10-13-29-20(15-16)28-21(17-5-7-18(24)8-6-17)22(29)19-9-12-26-23(27-19)25-11-4-14-30-2;1-2-15-10-12-29-20(13-15)28-21(17-5-7-18(24)8-6-17)22(29)19-9-11-25-23(27-19)26-14-16-3-4-16;1-3-15-9-12-28-19(14-15)27-20(16-4-6-17(23)7-5-16)21(28)18-8-10-24-22(26-18)25-11-13-29-2;1-2-15-9-12-28-19(14-15)27-20(16-4-6-17(23)7-5-16)21(28)18-8-11-25-22(26-18)24-10-3-13-29/h5-10,12-13,15H,3-4,11,14H2,1-2H3,(H,25,26,27);5-13,16H,2-4,14H2,1H3,(H,25,26,27);4-10,12,14H,3,11,13H2,1-2H3,(H,24,25,26);4-9,11-12,14,29H,2-3,10,13H2,1H3,(H,24,25,26). The van der Waals surface area contributed by atoms with Gasteiger partial charge in [0.05, 0.1) is 74.9 Å². The average molecular weight is 1580 g/mol. The molecule has 0 saturated heterocycles. The molecule has 1 fully saturated rings. The summed E-state index contributed by atoms with van der Waals surface area (Å²) in [5.41, 5.74) is 20.8. The lowest BCUT2D eigenvalue weighted by Crippen LogP contribution is -2.10. The number of hydrogen-bond donors (Lipinski definition) is 5. The third-order valence-corrected chi connectivity index (χ3v) is 19.7. The van der Waals surface area contributed by atoms with E-state index in [0.29, 0.717) is 62.2 Å². The van der Waals surface area contributed by atoms with E-state index in [-0.39, 0.29) is 29.9 Å². The largest absolute Gasteiger partial charge is 0.396 e. The summed E-state index contributed by atoms with van der Waals surface area (Å²) < 4.78 is 72.1. The van der Waals surface area contributed by atoms with Crippen molar-refractivity contribution in [1.29, 1.82) is 0 Å². The lowest BCUT2D eigenvalue weighted by atomic mass is 10.1. The number of fused-ring (bicyclic) bond motifs is 4. The number of nitrogens with zero attached hydrogens (tertiary/aromatic N) is 16. The summed E-state index contributed by atoms with van der Waals surface area (Å²) in [5, 5.41) is 21.8. The lowest BCUT2D eigenvalue weighted by Gasteiger charge is -2.08. The Balaban J connectivity index is 0.000000128. The highest BCUT2D eigenvalue weighted by atomic mass is 19.1. The van der Waals surface area contributed by atoms with Crippen LogP contribution in [-0.4, -0.2) is 143 Å². The Morgan fingerprint density at radius 1 is 0.350 bits per heavy atom. The number of aromatic nitrogens is 16. The van der Waals surface area contributed by atoms with Crippen LogP contribution in [0.5, 0.6) is 0 Å². The van der Waals surface area contributed by atoms with Gasteiger partial charge in [0.25, 0.3) is 0 Å². The highest BCUT2D eigenvalue weighted by molar-refractivity contribution is 5.85. The molecule has 5 N–H and O–H groups in total. The van der Waals surface area contributed by atoms with Crippen molar-refractivity contribution in [2.45, 2.75) is 79.1 Å². The van der Waals surface area contributed by atoms with Crippen LogP contribution in [0.25, 0.3) is 113 Å². The number of hydrogen-bond acceptors (Lipinski definition) is 19. The summed E-state index contributed by atoms with van der Waals surface area (Å²) in [6, 6.07) is 49.5. The number of rotatable bonds is 28. The van der Waals surface area contributed by atoms with Crippen LogP contribution in [0.3, 0.4) is 0 Å². The number of ether oxygens (including phenoxy) is 2. The minimum atomic E-state index is -0.287. The van der Waals surface area contributed by atoms with Crippen molar-refractivity contribution in [3.63, 3.8) is 0 Å². The Labute approximate surface area is 674 Å². The van der Waals surface area contributed by atoms with E-state index in [1.807, 2.05) is 66.7 Å². The molecule has 17 rings (SSSR count). The predicted octanol–water partition coefficient (Wildman–Crippen LogP) is 17.8. The van der Waals surface area contributed by atoms with Crippen molar-refractivity contribution in [3.05, 3.63) is 265 Å². The van der Waals surface area contributed by atoms with Crippen molar-refractivity contribution in [3.8, 4) is 90.6 Å². The summed E-state index contributed by atoms with van der Waals surface area (Å²) in [4.78, 5) is 55.4. The first kappa shape index (κ1) is 80.4. The molecule has 1 aliphatic carbocycles. The van der Waals surface area contributed by atoms with Crippen molar-refractivity contribution in [2.75, 3.05) is 81.5 Å². The number of aliphatic hydroxyl groups is 1. The zero-order chi connectivity index (χ0) is 81.2. The Bertz CT molecular complexity index is 5830. The van der Waals surface area contributed by atoms with Gasteiger partial charge in [-0.05, 0) is 249 Å². The molecule has 12 heterocycles. The molecule has 117 heavy (non-hydrogen) atoms. The molecule has 0 aliphatic heterocycles. The van der Waals surface area contributed by atoms with Crippen molar-refractivity contribution in [2.24, 2.45) is 5.92 Å². The summed E-state index contributed by atoms with van der Waals surface area (Å²) in [5.74, 6) is 1.81. The Morgan fingerprint density at radius 3 is 0.906 bits per heavy atom. The maximum absolute atomic E-state index is 13.5. The van der Waals surface area contributed by atoms with Gasteiger partial charge < -0.3 is 35.8 Å². The van der Waals surface area contributed by atoms with Gasteiger partial charge in [-0.2, -0.15) is 0 Å². The Morgan fingerprint density at radius 2 is 0.632 bits per heavy atom. The van der Waals surface area contributed by atoms with Crippen molar-refractivity contribution < 1.29 is 32.1 Å². The first-order valence-corrected chi connectivity index (χ1v) is 39.2. The van der Waals surface area contributed by atoms with E-state index < -0.39 is 0 Å². The summed E-state index contributed by atoms with van der Waals surface area (Å²) in [7, 11) is 3.33. The quantitative estimate of drug-likeness (QED) is 0.0225. The molecular formula is C90H90F4N20O3. The van der Waals surface area contributed by atoms with Crippen LogP contribution in [0.2, 0.25) is 0 Å². The number of halogens is 4. The molecule has 16 aromatic rings. The SMILES string of the molecule is CCc1ccn2c(-c3ccnc(NCC4CC4)n3)c(-c3ccc(F)cc3)nc2c1.CCc1ccn2c(-c3ccnc(NCCCO)n3)c(-c3ccc(F)cc3)nc2c1.CCc1ccn2c(-c3ccnc(NCCCOC)n3)c(-c3ccc(F)cc3)nc2c1.CCc1ccn2c(-c3ccnc(NCCOC)n3)c(-c3ccc(F)cc3)nc2c1. The van der Waals surface area contributed by atoms with E-state index in [4.69, 9.17) is 44.5 Å². The molecule has 596 valence electrons. The third kappa shape index (κ3) is 19.6. The van der Waals surface area contributed by atoms with Gasteiger partial charge in [-0.3, -0.25) is 17.6 Å². The number of aryl methyl sites for hydroxylation is 4. The van der Waals surface area contributed by atoms with Crippen LogP contribution in [0.15, 0.2) is 219 Å². The van der Waals surface area contributed by atoms with E-state index in [2.05, 4.69) is 127 Å². The minimum Gasteiger partial charge on any atom is -0.396 e. The van der Waals surface area contributed by atoms with Gasteiger partial charge in [0, 0.05) is 125 Å². The number of nitrogens with one attached hydrogen (secondary N) is 4. The van der Waals surface area contributed by atoms with Crippen LogP contribution >= 0.6 is 0 Å². The Hall–Kier alpha value is -13.2. The highest BCUT2D eigenvalue weighted by Crippen LogP contribution is 2.38. The Kier molecular flexibility index (Phi) is 26.3. The summed E-state index contributed by atoms with van der Waals surface area (Å²) >= 11 is 0. The molecule has 1 aliphatic rings. The van der Waals surface area contributed by atoms with Crippen molar-refractivity contribution >= 4 is 46.4 Å². The molecule has 0 unspecified atom stereocenters. The van der Waals surface area contributed by atoms with Crippen LogP contribution in [0.4, 0.5) is 41.4 Å². The maximum Gasteiger partial charge on any atom is 0.223 e. The van der Waals surface area contributed by atoms with E-state index in [1.165, 1.54) is 83.6 Å². The predicted molar refractivity (Wildman–Crippen MR) is 451 cm³/mol. The lowest BCUT2D eigenvalue weighted by molar-refractivity contribution is 0.197. The van der Waals surface area contributed by atoms with E-state index in [9.17, 15) is 17.6 Å². The molecule has 0 spiro atoms. The summed E-state index contributed by atoms with van der Waals surface area (Å²) in [6.07, 6.45) is 22.7. The first-order valence-electron chi connectivity index (χ1n) is 39.2. The normalized spacial score (nSPS) is 11.8. The number of benzene rings is 4. The van der Waals surface area contributed by atoms with Gasteiger partial charge in [-0.15, -0.1) is 0 Å². The molecule has 0 radical (unpaired) electrons. The smallest absolute Gasteiger partial charge is 0.223 e. The fourth-order valence-electron chi connectivity index (χ4n) is 13.3. The fraction of sp³-hybridized carbons (Fsp3) is 0.244. The van der Waals surface area contributed by atoms with Crippen molar-refractivity contribution in [1.82, 2.24) is 77.4 Å². The van der Waals surface area contributed by atoms with Gasteiger partial charge in [0.1, 0.15) is 45.9 Å². The van der Waals surface area contributed by atoms with Gasteiger partial charge >= 0.3 is 0 Å². The van der Waals surface area contributed by atoms with Gasteiger partial charge in [-0.25, -0.2) is 77.4 Å². The van der Waals surface area contributed by atoms with Crippen LogP contribution in [-0.2, 0) is 35.2 Å². The first-order chi connectivity index (χ1) is 57.3. The molecule has 4 aromatic carbocycles. The van der Waals surface area contributed by atoms with Gasteiger partial charge in [0.15, 0.2) is 0 Å². The van der Waals surface area contributed by atoms with Gasteiger partial charge in [0.2, 0.25) is 23.8 Å². The summed E-state index contributed by atoms with van der Waals surface area (Å²) in [6.45, 7) is 12.6. The van der Waals surface area contributed by atoms with Crippen LogP contribution in [0.1, 0.15) is 75.6 Å². The number of pyridine rings is 4. The number of methoxy groups -OCH3 is 2. The van der Waals surface area contributed by atoms with E-state index in [0.717, 1.165) is 159 Å². The zero-order valence-corrected chi connectivity index (χ0v) is 65.9. The third-order valence-electron chi connectivity index (χ3n) is 19.7. The molecule has 0 amide bonds. The zero-order valence-electron chi connectivity index (χ0n) is 65.9. The van der Waals surface area contributed by atoms with E-state index in [1.54, 1.807) is 87.5 Å². The minimum absolute atomic E-state index is 0.106. The number of imidazole rings is 4.